The fraction of sp³-hybridized carbons (Fsp3) is 0.714. The number of halogens is 1. The number of aryl methyl sites for hydroxylation is 1. The van der Waals surface area contributed by atoms with E-state index in [1.807, 2.05) is 13.0 Å². The molecular formula is C14H21ClN2. The summed E-state index contributed by atoms with van der Waals surface area (Å²) < 4.78 is 0. The third-order valence-corrected chi connectivity index (χ3v) is 4.06. The van der Waals surface area contributed by atoms with Crippen molar-refractivity contribution in [1.29, 1.82) is 0 Å². The zero-order chi connectivity index (χ0) is 12.3. The average Bonchev–Trinajstić information content (AvgIpc) is 2.38. The Hall–Kier alpha value is -0.630. The fourth-order valence-electron chi connectivity index (χ4n) is 2.81. The van der Waals surface area contributed by atoms with E-state index in [9.17, 15) is 0 Å². The molecule has 0 aliphatic heterocycles. The molecule has 1 aromatic rings. The molecule has 0 radical (unpaired) electrons. The second-order valence-electron chi connectivity index (χ2n) is 5.13. The zero-order valence-corrected chi connectivity index (χ0v) is 11.5. The molecule has 0 N–H and O–H groups in total. The van der Waals surface area contributed by atoms with Crippen molar-refractivity contribution in [2.75, 3.05) is 0 Å². The van der Waals surface area contributed by atoms with Gasteiger partial charge in [-0.15, -0.1) is 11.6 Å². The molecule has 17 heavy (non-hydrogen) atoms. The summed E-state index contributed by atoms with van der Waals surface area (Å²) in [6, 6.07) is 1.98. The van der Waals surface area contributed by atoms with Gasteiger partial charge < -0.3 is 0 Å². The van der Waals surface area contributed by atoms with Crippen molar-refractivity contribution < 1.29 is 0 Å². The first-order valence-corrected chi connectivity index (χ1v) is 7.16. The Morgan fingerprint density at radius 3 is 2.88 bits per heavy atom. The van der Waals surface area contributed by atoms with Crippen molar-refractivity contribution in [3.8, 4) is 0 Å². The largest absolute Gasteiger partial charge is 0.238 e. The number of alkyl halides is 1. The second-order valence-corrected chi connectivity index (χ2v) is 5.40. The molecule has 2 nitrogen and oxygen atoms in total. The van der Waals surface area contributed by atoms with E-state index in [1.54, 1.807) is 0 Å². The lowest BCUT2D eigenvalue weighted by Crippen LogP contribution is -2.16. The van der Waals surface area contributed by atoms with Gasteiger partial charge in [-0.05, 0) is 31.7 Å². The molecule has 3 heteroatoms. The first-order chi connectivity index (χ1) is 8.22. The Morgan fingerprint density at radius 1 is 1.35 bits per heavy atom. The van der Waals surface area contributed by atoms with Gasteiger partial charge in [0, 0.05) is 11.6 Å². The van der Waals surface area contributed by atoms with E-state index >= 15 is 0 Å². The van der Waals surface area contributed by atoms with Gasteiger partial charge in [0.05, 0.1) is 11.6 Å². The van der Waals surface area contributed by atoms with Crippen LogP contribution in [-0.2, 0) is 5.88 Å². The SMILES string of the molecule is CCC1CCCC(c2nc(C)cc(CCl)n2)C1. The molecule has 0 saturated heterocycles. The van der Waals surface area contributed by atoms with E-state index < -0.39 is 0 Å². The summed E-state index contributed by atoms with van der Waals surface area (Å²) in [5, 5.41) is 0. The van der Waals surface area contributed by atoms with Gasteiger partial charge in [-0.1, -0.05) is 26.2 Å². The lowest BCUT2D eigenvalue weighted by atomic mass is 9.80. The molecule has 1 aliphatic rings. The predicted molar refractivity (Wildman–Crippen MR) is 71.3 cm³/mol. The Kier molecular flexibility index (Phi) is 4.38. The molecule has 0 aromatic carbocycles. The Labute approximate surface area is 109 Å². The highest BCUT2D eigenvalue weighted by atomic mass is 35.5. The van der Waals surface area contributed by atoms with Crippen LogP contribution >= 0.6 is 11.6 Å². The molecule has 0 bridgehead atoms. The summed E-state index contributed by atoms with van der Waals surface area (Å²) >= 11 is 5.88. The first-order valence-electron chi connectivity index (χ1n) is 6.63. The smallest absolute Gasteiger partial charge is 0.131 e. The fourth-order valence-corrected chi connectivity index (χ4v) is 2.94. The standard InChI is InChI=1S/C14H21ClN2/c1-3-11-5-4-6-12(8-11)14-16-10(2)7-13(9-15)17-14/h7,11-12H,3-6,8-9H2,1-2H3. The topological polar surface area (TPSA) is 25.8 Å². The van der Waals surface area contributed by atoms with Crippen molar-refractivity contribution in [2.45, 2.75) is 57.7 Å². The average molecular weight is 253 g/mol. The van der Waals surface area contributed by atoms with Crippen molar-refractivity contribution in [3.05, 3.63) is 23.3 Å². The molecule has 1 saturated carbocycles. The maximum absolute atomic E-state index is 5.88. The normalized spacial score (nSPS) is 24.9. The second kappa shape index (κ2) is 5.81. The van der Waals surface area contributed by atoms with Gasteiger partial charge in [-0.2, -0.15) is 0 Å². The molecule has 2 atom stereocenters. The summed E-state index contributed by atoms with van der Waals surface area (Å²) in [7, 11) is 0. The van der Waals surface area contributed by atoms with E-state index in [0.717, 1.165) is 23.1 Å². The number of nitrogens with zero attached hydrogens (tertiary/aromatic N) is 2. The molecule has 1 heterocycles. The van der Waals surface area contributed by atoms with Crippen LogP contribution in [0.2, 0.25) is 0 Å². The van der Waals surface area contributed by atoms with Crippen LogP contribution in [0.5, 0.6) is 0 Å². The maximum Gasteiger partial charge on any atom is 0.131 e. The minimum atomic E-state index is 0.486. The number of aromatic nitrogens is 2. The van der Waals surface area contributed by atoms with E-state index in [1.165, 1.54) is 32.1 Å². The minimum absolute atomic E-state index is 0.486. The molecular weight excluding hydrogens is 232 g/mol. The van der Waals surface area contributed by atoms with Crippen LogP contribution in [-0.4, -0.2) is 9.97 Å². The van der Waals surface area contributed by atoms with Crippen LogP contribution in [0.3, 0.4) is 0 Å². The highest BCUT2D eigenvalue weighted by Crippen LogP contribution is 2.36. The van der Waals surface area contributed by atoms with Crippen molar-refractivity contribution >= 4 is 11.6 Å². The zero-order valence-electron chi connectivity index (χ0n) is 10.7. The highest BCUT2D eigenvalue weighted by Gasteiger charge is 2.24. The molecule has 1 aromatic heterocycles. The number of hydrogen-bond acceptors (Lipinski definition) is 2. The molecule has 2 unspecified atom stereocenters. The highest BCUT2D eigenvalue weighted by molar-refractivity contribution is 6.16. The lowest BCUT2D eigenvalue weighted by Gasteiger charge is -2.27. The maximum atomic E-state index is 5.88. The van der Waals surface area contributed by atoms with Crippen LogP contribution in [0, 0.1) is 12.8 Å². The summed E-state index contributed by atoms with van der Waals surface area (Å²) in [4.78, 5) is 9.21. The monoisotopic (exact) mass is 252 g/mol. The molecule has 0 spiro atoms. The molecule has 94 valence electrons. The van der Waals surface area contributed by atoms with Gasteiger partial charge in [0.2, 0.25) is 0 Å². The Morgan fingerprint density at radius 2 is 2.18 bits per heavy atom. The van der Waals surface area contributed by atoms with Gasteiger partial charge in [-0.25, -0.2) is 9.97 Å². The third-order valence-electron chi connectivity index (χ3n) is 3.79. The summed E-state index contributed by atoms with van der Waals surface area (Å²) in [6.07, 6.45) is 6.46. The van der Waals surface area contributed by atoms with Crippen molar-refractivity contribution in [1.82, 2.24) is 9.97 Å². The number of rotatable bonds is 3. The van der Waals surface area contributed by atoms with Crippen molar-refractivity contribution in [2.24, 2.45) is 5.92 Å². The van der Waals surface area contributed by atoms with Gasteiger partial charge in [0.15, 0.2) is 0 Å². The molecule has 2 rings (SSSR count). The van der Waals surface area contributed by atoms with Crippen LogP contribution in [0.15, 0.2) is 6.07 Å². The summed E-state index contributed by atoms with van der Waals surface area (Å²) in [5.41, 5.74) is 2.01. The quantitative estimate of drug-likeness (QED) is 0.754. The summed E-state index contributed by atoms with van der Waals surface area (Å²) in [5.74, 6) is 2.92. The van der Waals surface area contributed by atoms with Crippen molar-refractivity contribution in [3.63, 3.8) is 0 Å². The Balaban J connectivity index is 2.18. The molecule has 1 fully saturated rings. The van der Waals surface area contributed by atoms with Crippen LogP contribution < -0.4 is 0 Å². The van der Waals surface area contributed by atoms with Crippen LogP contribution in [0.1, 0.15) is 62.2 Å². The van der Waals surface area contributed by atoms with E-state index in [0.29, 0.717) is 11.8 Å². The van der Waals surface area contributed by atoms with E-state index in [-0.39, 0.29) is 0 Å². The lowest BCUT2D eigenvalue weighted by molar-refractivity contribution is 0.306. The van der Waals surface area contributed by atoms with Crippen LogP contribution in [0.4, 0.5) is 0 Å². The molecule has 1 aliphatic carbocycles. The van der Waals surface area contributed by atoms with E-state index in [2.05, 4.69) is 16.9 Å². The van der Waals surface area contributed by atoms with Gasteiger partial charge in [-0.3, -0.25) is 0 Å². The van der Waals surface area contributed by atoms with E-state index in [4.69, 9.17) is 11.6 Å². The van der Waals surface area contributed by atoms with Gasteiger partial charge in [0.1, 0.15) is 5.82 Å². The van der Waals surface area contributed by atoms with Crippen LogP contribution in [0.25, 0.3) is 0 Å². The van der Waals surface area contributed by atoms with Gasteiger partial charge in [0.25, 0.3) is 0 Å². The van der Waals surface area contributed by atoms with Gasteiger partial charge >= 0.3 is 0 Å². The molecule has 0 amide bonds. The summed E-state index contributed by atoms with van der Waals surface area (Å²) in [6.45, 7) is 4.32. The number of hydrogen-bond donors (Lipinski definition) is 0. The Bertz CT molecular complexity index is 378. The predicted octanol–water partition coefficient (Wildman–Crippen LogP) is 4.21. The first kappa shape index (κ1) is 12.8. The minimum Gasteiger partial charge on any atom is -0.238 e. The third kappa shape index (κ3) is 3.19.